The van der Waals surface area contributed by atoms with E-state index >= 15 is 0 Å². The highest BCUT2D eigenvalue weighted by atomic mass is 16.8. The van der Waals surface area contributed by atoms with Gasteiger partial charge >= 0.3 is 11.9 Å². The van der Waals surface area contributed by atoms with Crippen molar-refractivity contribution in [2.24, 2.45) is 11.8 Å². The third-order valence-electron chi connectivity index (χ3n) is 9.78. The first-order valence-corrected chi connectivity index (χ1v) is 16.3. The number of hydrogen-bond acceptors (Lipinski definition) is 18. The zero-order valence-electron chi connectivity index (χ0n) is 27.7. The van der Waals surface area contributed by atoms with Crippen molar-refractivity contribution in [2.45, 2.75) is 99.4 Å². The zero-order valence-corrected chi connectivity index (χ0v) is 27.7. The molecule has 1 aromatic rings. The van der Waals surface area contributed by atoms with Crippen LogP contribution in [0.25, 0.3) is 6.08 Å². The molecule has 4 aliphatic heterocycles. The first-order valence-electron chi connectivity index (χ1n) is 16.3. The molecule has 6 rings (SSSR count). The first kappa shape index (κ1) is 37.5. The fourth-order valence-corrected chi connectivity index (χ4v) is 7.07. The highest BCUT2D eigenvalue weighted by Crippen LogP contribution is 2.61. The van der Waals surface area contributed by atoms with E-state index in [0.717, 1.165) is 6.08 Å². The number of esters is 2. The minimum atomic E-state index is -1.72. The molecule has 16 atom stereocenters. The molecule has 4 fully saturated rings. The smallest absolute Gasteiger partial charge is 0.331 e. The van der Waals surface area contributed by atoms with Crippen LogP contribution in [0.2, 0.25) is 0 Å². The lowest BCUT2D eigenvalue weighted by molar-refractivity contribution is -0.347. The Morgan fingerprint density at radius 2 is 1.67 bits per heavy atom. The molecule has 0 bridgehead atoms. The summed E-state index contributed by atoms with van der Waals surface area (Å²) in [6, 6.07) is 4.60. The Bertz CT molecular complexity index is 1480. The molecule has 1 saturated carbocycles. The van der Waals surface area contributed by atoms with Crippen molar-refractivity contribution in [3.63, 3.8) is 0 Å². The molecule has 0 unspecified atom stereocenters. The maximum absolute atomic E-state index is 13.0. The minimum absolute atomic E-state index is 0.126. The molecule has 0 amide bonds. The van der Waals surface area contributed by atoms with Gasteiger partial charge in [0.2, 0.25) is 6.29 Å². The Morgan fingerprint density at radius 1 is 0.902 bits per heavy atom. The first-order chi connectivity index (χ1) is 24.3. The van der Waals surface area contributed by atoms with E-state index in [1.807, 2.05) is 0 Å². The van der Waals surface area contributed by atoms with Gasteiger partial charge < -0.3 is 78.4 Å². The number of aliphatic hydroxyl groups is 7. The highest BCUT2D eigenvalue weighted by Gasteiger charge is 2.77. The van der Waals surface area contributed by atoms with Gasteiger partial charge in [-0.2, -0.15) is 0 Å². The molecule has 1 aromatic carbocycles. The molecule has 1 aliphatic carbocycles. The van der Waals surface area contributed by atoms with E-state index in [1.54, 1.807) is 12.1 Å². The molecule has 51 heavy (non-hydrogen) atoms. The number of benzene rings is 1. The Kier molecular flexibility index (Phi) is 11.0. The van der Waals surface area contributed by atoms with Crippen molar-refractivity contribution < 1.29 is 88.0 Å². The maximum Gasteiger partial charge on any atom is 0.331 e. The highest BCUT2D eigenvalue weighted by molar-refractivity contribution is 5.87. The van der Waals surface area contributed by atoms with Crippen LogP contribution in [0.1, 0.15) is 19.4 Å². The van der Waals surface area contributed by atoms with Crippen molar-refractivity contribution >= 4 is 18.0 Å². The summed E-state index contributed by atoms with van der Waals surface area (Å²) in [4.78, 5) is 24.5. The predicted molar refractivity (Wildman–Crippen MR) is 165 cm³/mol. The van der Waals surface area contributed by atoms with Crippen LogP contribution < -0.4 is 9.47 Å². The molecule has 3 saturated heterocycles. The molecule has 18 nitrogen and oxygen atoms in total. The van der Waals surface area contributed by atoms with Gasteiger partial charge in [0.1, 0.15) is 48.3 Å². The van der Waals surface area contributed by atoms with Gasteiger partial charge in [0.25, 0.3) is 0 Å². The van der Waals surface area contributed by atoms with Crippen LogP contribution in [0.4, 0.5) is 0 Å². The number of epoxide rings is 1. The van der Waals surface area contributed by atoms with Crippen molar-refractivity contribution in [3.05, 3.63) is 42.2 Å². The average Bonchev–Trinajstić information content (AvgIpc) is 3.78. The van der Waals surface area contributed by atoms with Crippen molar-refractivity contribution in [3.8, 4) is 11.5 Å². The van der Waals surface area contributed by atoms with Gasteiger partial charge in [-0.1, -0.05) is 6.07 Å². The molecular weight excluding hydrogens is 684 g/mol. The standard InChI is InChI=1S/C33H42O18/c1-13-22(38)25(41)28(48-20(37)7-5-15-4-6-17(43-3)18(10-15)46-14(2)36)32(45-13)49-27-16-8-9-44-30(21(16)33(12-35)29(27)51-33)50-31-26(42)24(40)23(39)19(11-34)47-31/h4-10,13,16,19,21-32,34-35,38-42H,11-12H2,1-3H3/b7-5+/t13-,16+,19+,21+,22-,23+,24-,25+,26+,27-,28+,29-,30-,31-,32-,33+/m0/s1. The zero-order chi connectivity index (χ0) is 36.8. The SMILES string of the molecule is COc1ccc(/C=C/C(=O)O[C@H]2[C@H](O[C@H]3[C@@H]4C=CO[C@@H](O[C@@H]5O[C@H](CO)[C@@H](O)[C@H](O)[C@H]5O)[C@@H]4[C@@]4(CO)O[C@@H]34)O[C@@H](C)[C@H](O)[C@H]2O)cc1OC(C)=O. The van der Waals surface area contributed by atoms with E-state index in [4.69, 9.17) is 42.6 Å². The molecule has 7 N–H and O–H groups in total. The number of aliphatic hydroxyl groups excluding tert-OH is 7. The van der Waals surface area contributed by atoms with Gasteiger partial charge in [-0.25, -0.2) is 4.79 Å². The minimum Gasteiger partial charge on any atom is -0.493 e. The second-order valence-electron chi connectivity index (χ2n) is 13.0. The second-order valence-corrected chi connectivity index (χ2v) is 13.0. The lowest BCUT2D eigenvalue weighted by Gasteiger charge is -2.44. The number of hydrogen-bond donors (Lipinski definition) is 7. The average molecular weight is 727 g/mol. The Balaban J connectivity index is 1.18. The number of methoxy groups -OCH3 is 1. The third kappa shape index (κ3) is 7.11. The number of carbonyl (C=O) groups excluding carboxylic acids is 2. The van der Waals surface area contributed by atoms with Crippen LogP contribution >= 0.6 is 0 Å². The number of ether oxygens (including phenoxy) is 9. The number of fused-ring (bicyclic) bond motifs is 3. The number of carbonyl (C=O) groups is 2. The van der Waals surface area contributed by atoms with Crippen LogP contribution in [0.3, 0.4) is 0 Å². The summed E-state index contributed by atoms with van der Waals surface area (Å²) in [6.07, 6.45) is -12.4. The van der Waals surface area contributed by atoms with Crippen molar-refractivity contribution in [2.75, 3.05) is 20.3 Å². The Hall–Kier alpha value is -3.24. The van der Waals surface area contributed by atoms with Crippen LogP contribution in [-0.4, -0.2) is 154 Å². The Labute approximate surface area is 291 Å². The monoisotopic (exact) mass is 726 g/mol. The summed E-state index contributed by atoms with van der Waals surface area (Å²) in [6.45, 7) is 1.53. The lowest BCUT2D eigenvalue weighted by atomic mass is 9.85. The van der Waals surface area contributed by atoms with Gasteiger partial charge in [-0.15, -0.1) is 0 Å². The fourth-order valence-electron chi connectivity index (χ4n) is 7.07. The van der Waals surface area contributed by atoms with E-state index in [9.17, 15) is 45.3 Å². The summed E-state index contributed by atoms with van der Waals surface area (Å²) in [7, 11) is 1.40. The van der Waals surface area contributed by atoms with Gasteiger partial charge in [0.05, 0.1) is 44.7 Å². The summed E-state index contributed by atoms with van der Waals surface area (Å²) < 4.78 is 51.1. The van der Waals surface area contributed by atoms with Gasteiger partial charge in [0.15, 0.2) is 30.2 Å². The van der Waals surface area contributed by atoms with Crippen molar-refractivity contribution in [1.29, 1.82) is 0 Å². The molecule has 4 heterocycles. The maximum atomic E-state index is 13.0. The van der Waals surface area contributed by atoms with Crippen LogP contribution in [0, 0.1) is 11.8 Å². The normalized spacial score (nSPS) is 42.8. The van der Waals surface area contributed by atoms with Crippen LogP contribution in [0.15, 0.2) is 36.6 Å². The molecule has 0 spiro atoms. The summed E-state index contributed by atoms with van der Waals surface area (Å²) >= 11 is 0. The molecule has 5 aliphatic rings. The second kappa shape index (κ2) is 15.0. The van der Waals surface area contributed by atoms with Crippen LogP contribution in [-0.2, 0) is 42.7 Å². The lowest BCUT2D eigenvalue weighted by Crippen LogP contribution is -2.61. The predicted octanol–water partition coefficient (Wildman–Crippen LogP) is -2.54. The van der Waals surface area contributed by atoms with Gasteiger partial charge in [0, 0.05) is 18.9 Å². The van der Waals surface area contributed by atoms with Crippen LogP contribution in [0.5, 0.6) is 11.5 Å². The largest absolute Gasteiger partial charge is 0.493 e. The van der Waals surface area contributed by atoms with E-state index in [-0.39, 0.29) is 5.75 Å². The van der Waals surface area contributed by atoms with E-state index in [2.05, 4.69) is 0 Å². The Morgan fingerprint density at radius 3 is 2.35 bits per heavy atom. The molecule has 282 valence electrons. The molecular formula is C33H42O18. The van der Waals surface area contributed by atoms with E-state index in [1.165, 1.54) is 45.4 Å². The summed E-state index contributed by atoms with van der Waals surface area (Å²) in [5.74, 6) is -2.49. The molecule has 18 heteroatoms. The van der Waals surface area contributed by atoms with Crippen molar-refractivity contribution in [1.82, 2.24) is 0 Å². The van der Waals surface area contributed by atoms with Gasteiger partial charge in [-0.05, 0) is 36.8 Å². The summed E-state index contributed by atoms with van der Waals surface area (Å²) in [5.41, 5.74) is -0.823. The molecule has 0 aromatic heterocycles. The topological polar surface area (TPSA) is 262 Å². The quantitative estimate of drug-likeness (QED) is 0.0536. The van der Waals surface area contributed by atoms with Gasteiger partial charge in [-0.3, -0.25) is 4.79 Å². The van der Waals surface area contributed by atoms with E-state index < -0.39 is 122 Å². The van der Waals surface area contributed by atoms with E-state index in [0.29, 0.717) is 11.3 Å². The number of rotatable bonds is 11. The fraction of sp³-hybridized carbons (Fsp3) is 0.636. The molecule has 0 radical (unpaired) electrons. The summed E-state index contributed by atoms with van der Waals surface area (Å²) in [5, 5.41) is 72.6. The third-order valence-corrected chi connectivity index (χ3v) is 9.78.